The number of hydrogen-bond acceptors (Lipinski definition) is 10. The van der Waals surface area contributed by atoms with Gasteiger partial charge in [-0.3, -0.25) is 19.8 Å². The van der Waals surface area contributed by atoms with Crippen LogP contribution in [-0.2, 0) is 21.3 Å². The quantitative estimate of drug-likeness (QED) is 0.0793. The lowest BCUT2D eigenvalue weighted by Crippen LogP contribution is -2.46. The number of carbonyl (C=O) groups excluding carboxylic acids is 1. The highest BCUT2D eigenvalue weighted by molar-refractivity contribution is 7.90. The first-order valence-corrected chi connectivity index (χ1v) is 20.4. The summed E-state index contributed by atoms with van der Waals surface area (Å²) in [6.45, 7) is 5.67. The summed E-state index contributed by atoms with van der Waals surface area (Å²) in [6.07, 6.45) is 1.67. The van der Waals surface area contributed by atoms with Crippen LogP contribution in [0.25, 0.3) is 11.1 Å². The van der Waals surface area contributed by atoms with Gasteiger partial charge >= 0.3 is 0 Å². The number of halogens is 1. The highest BCUT2D eigenvalue weighted by Crippen LogP contribution is 2.32. The summed E-state index contributed by atoms with van der Waals surface area (Å²) < 4.78 is 34.6. The lowest BCUT2D eigenvalue weighted by molar-refractivity contribution is -0.384. The van der Waals surface area contributed by atoms with Crippen molar-refractivity contribution in [3.63, 3.8) is 0 Å². The zero-order valence-electron chi connectivity index (χ0n) is 30.7. The Morgan fingerprint density at radius 2 is 1.55 bits per heavy atom. The number of carbonyl (C=O) groups is 1. The van der Waals surface area contributed by atoms with Crippen molar-refractivity contribution in [2.75, 3.05) is 61.5 Å². The summed E-state index contributed by atoms with van der Waals surface area (Å²) in [7, 11) is -4.49. The molecule has 3 N–H and O–H groups in total. The van der Waals surface area contributed by atoms with Crippen LogP contribution in [0.1, 0.15) is 28.8 Å². The number of nitro groups is 1. The predicted octanol–water partition coefficient (Wildman–Crippen LogP) is 7.94. The van der Waals surface area contributed by atoms with E-state index in [9.17, 15) is 23.3 Å². The minimum atomic E-state index is -4.49. The van der Waals surface area contributed by atoms with E-state index in [2.05, 4.69) is 43.4 Å². The zero-order chi connectivity index (χ0) is 39.1. The number of amides is 1. The van der Waals surface area contributed by atoms with Crippen LogP contribution in [0.5, 0.6) is 0 Å². The second kappa shape index (κ2) is 17.5. The van der Waals surface area contributed by atoms with Crippen LogP contribution in [0.15, 0.2) is 120 Å². The van der Waals surface area contributed by atoms with Gasteiger partial charge in [0, 0.05) is 74.9 Å². The largest absolute Gasteiger partial charge is 0.381 e. The Bertz CT molecular complexity index is 2280. The fourth-order valence-electron chi connectivity index (χ4n) is 7.10. The van der Waals surface area contributed by atoms with E-state index in [4.69, 9.17) is 16.3 Å². The van der Waals surface area contributed by atoms with Gasteiger partial charge in [0.2, 0.25) is 0 Å². The van der Waals surface area contributed by atoms with Gasteiger partial charge in [0.05, 0.1) is 21.1 Å². The van der Waals surface area contributed by atoms with Crippen molar-refractivity contribution in [1.82, 2.24) is 9.62 Å². The number of ether oxygens (including phenoxy) is 1. The molecule has 0 aliphatic carbocycles. The Labute approximate surface area is 331 Å². The Hall–Kier alpha value is -5.47. The maximum absolute atomic E-state index is 13.7. The first-order valence-electron chi connectivity index (χ1n) is 18.6. The Morgan fingerprint density at radius 3 is 2.29 bits per heavy atom. The van der Waals surface area contributed by atoms with Crippen LogP contribution in [0, 0.1) is 16.0 Å². The average Bonchev–Trinajstić information content (AvgIpc) is 3.21. The number of nitrogens with zero attached hydrogens (tertiary/aromatic N) is 3. The third-order valence-electron chi connectivity index (χ3n) is 10.2. The zero-order valence-corrected chi connectivity index (χ0v) is 32.3. The van der Waals surface area contributed by atoms with Crippen LogP contribution in [0.2, 0.25) is 5.02 Å². The minimum Gasteiger partial charge on any atom is -0.381 e. The van der Waals surface area contributed by atoms with Crippen molar-refractivity contribution in [1.29, 1.82) is 0 Å². The van der Waals surface area contributed by atoms with Crippen molar-refractivity contribution >= 4 is 56.0 Å². The van der Waals surface area contributed by atoms with E-state index in [1.807, 2.05) is 72.8 Å². The fraction of sp³-hybridized carbons (Fsp3) is 0.262. The number of nitrogens with one attached hydrogen (secondary N) is 3. The second-order valence-electron chi connectivity index (χ2n) is 14.0. The van der Waals surface area contributed by atoms with Crippen LogP contribution >= 0.6 is 11.6 Å². The molecule has 0 bridgehead atoms. The maximum atomic E-state index is 13.7. The molecule has 2 aliphatic rings. The van der Waals surface area contributed by atoms with E-state index in [1.165, 1.54) is 23.3 Å². The summed E-state index contributed by atoms with van der Waals surface area (Å²) >= 11 is 6.14. The van der Waals surface area contributed by atoms with E-state index >= 15 is 0 Å². The Kier molecular flexibility index (Phi) is 12.2. The summed E-state index contributed by atoms with van der Waals surface area (Å²) in [6, 6.07) is 34.4. The number of para-hydroxylation sites is 1. The van der Waals surface area contributed by atoms with E-state index < -0.39 is 31.4 Å². The fourth-order valence-corrected chi connectivity index (χ4v) is 8.21. The molecule has 5 aromatic carbocycles. The summed E-state index contributed by atoms with van der Waals surface area (Å²) in [5.74, 6) is -0.585. The van der Waals surface area contributed by atoms with Gasteiger partial charge in [-0.25, -0.2) is 13.1 Å². The molecule has 0 spiro atoms. The standard InChI is InChI=1S/C42H43ClN6O6S/c43-33-12-10-31(11-13-33)37-9-5-4-6-32(37)29-47-20-22-48(23-21-47)35-14-16-38(40(26-35)45-34-7-2-1-3-8-34)42(50)46-56(53,54)36-15-17-39(41(27-36)49(51)52)44-28-30-18-24-55-25-19-30/h1-17,26-27,30,44-45H,18-25,28-29H2,(H,46,50). The second-order valence-corrected chi connectivity index (χ2v) is 16.1. The minimum absolute atomic E-state index is 0.0999. The molecule has 14 heteroatoms. The van der Waals surface area contributed by atoms with E-state index in [-0.39, 0.29) is 17.2 Å². The van der Waals surface area contributed by atoms with Gasteiger partial charge in [-0.1, -0.05) is 66.2 Å². The third-order valence-corrected chi connectivity index (χ3v) is 11.8. The molecule has 0 aromatic heterocycles. The van der Waals surface area contributed by atoms with Gasteiger partial charge in [0.1, 0.15) is 5.69 Å². The molecule has 2 fully saturated rings. The number of piperazine rings is 1. The predicted molar refractivity (Wildman–Crippen MR) is 220 cm³/mol. The van der Waals surface area contributed by atoms with Gasteiger partial charge in [-0.2, -0.15) is 0 Å². The van der Waals surface area contributed by atoms with Crippen molar-refractivity contribution in [2.24, 2.45) is 5.92 Å². The van der Waals surface area contributed by atoms with Crippen molar-refractivity contribution in [3.8, 4) is 11.1 Å². The molecule has 0 atom stereocenters. The molecule has 2 saturated heterocycles. The van der Waals surface area contributed by atoms with Gasteiger partial charge in [0.15, 0.2) is 0 Å². The van der Waals surface area contributed by atoms with E-state index in [0.29, 0.717) is 36.2 Å². The van der Waals surface area contributed by atoms with Crippen LogP contribution in [-0.4, -0.2) is 70.1 Å². The molecular formula is C42H43ClN6O6S. The number of anilines is 4. The summed E-state index contributed by atoms with van der Waals surface area (Å²) in [5, 5.41) is 19.1. The number of sulfonamides is 1. The molecule has 12 nitrogen and oxygen atoms in total. The summed E-state index contributed by atoms with van der Waals surface area (Å²) in [4.78, 5) is 29.4. The molecule has 7 rings (SSSR count). The van der Waals surface area contributed by atoms with Crippen LogP contribution in [0.4, 0.5) is 28.4 Å². The lowest BCUT2D eigenvalue weighted by atomic mass is 9.99. The maximum Gasteiger partial charge on any atom is 0.293 e. The van der Waals surface area contributed by atoms with Crippen molar-refractivity contribution < 1.29 is 22.9 Å². The first kappa shape index (κ1) is 38.8. The average molecular weight is 795 g/mol. The Morgan fingerprint density at radius 1 is 0.839 bits per heavy atom. The van der Waals surface area contributed by atoms with Crippen molar-refractivity contribution in [3.05, 3.63) is 142 Å². The number of benzene rings is 5. The molecule has 5 aromatic rings. The molecular weight excluding hydrogens is 752 g/mol. The number of hydrogen-bond donors (Lipinski definition) is 3. The highest BCUT2D eigenvalue weighted by Gasteiger charge is 2.27. The molecule has 2 aliphatic heterocycles. The molecule has 0 radical (unpaired) electrons. The first-order chi connectivity index (χ1) is 27.1. The molecule has 0 saturated carbocycles. The number of rotatable bonds is 13. The molecule has 1 amide bonds. The van der Waals surface area contributed by atoms with Gasteiger partial charge in [-0.15, -0.1) is 0 Å². The SMILES string of the molecule is O=C(NS(=O)(=O)c1ccc(NCC2CCOCC2)c([N+](=O)[O-])c1)c1ccc(N2CCN(Cc3ccccc3-c3ccc(Cl)cc3)CC2)cc1Nc1ccccc1. The Balaban J connectivity index is 1.06. The van der Waals surface area contributed by atoms with Gasteiger partial charge < -0.3 is 20.3 Å². The molecule has 56 heavy (non-hydrogen) atoms. The topological polar surface area (TPSA) is 146 Å². The molecule has 0 unspecified atom stereocenters. The van der Waals surface area contributed by atoms with E-state index in [1.54, 1.807) is 6.07 Å². The van der Waals surface area contributed by atoms with Gasteiger partial charge in [0.25, 0.3) is 21.6 Å². The lowest BCUT2D eigenvalue weighted by Gasteiger charge is -2.36. The number of nitro benzene ring substituents is 1. The van der Waals surface area contributed by atoms with Crippen LogP contribution < -0.4 is 20.3 Å². The highest BCUT2D eigenvalue weighted by atomic mass is 35.5. The van der Waals surface area contributed by atoms with Crippen molar-refractivity contribution in [2.45, 2.75) is 24.3 Å². The van der Waals surface area contributed by atoms with Gasteiger partial charge in [-0.05, 0) is 90.0 Å². The normalized spacial score (nSPS) is 15.3. The van der Waals surface area contributed by atoms with E-state index in [0.717, 1.165) is 62.9 Å². The van der Waals surface area contributed by atoms with Crippen LogP contribution in [0.3, 0.4) is 0 Å². The molecule has 2 heterocycles. The smallest absolute Gasteiger partial charge is 0.293 e. The molecule has 290 valence electrons. The summed E-state index contributed by atoms with van der Waals surface area (Å²) in [5.41, 5.74) is 5.44. The monoisotopic (exact) mass is 794 g/mol. The third kappa shape index (κ3) is 9.48.